The molecule has 0 saturated carbocycles. The Kier molecular flexibility index (Phi) is 6.37. The number of benzene rings is 2. The number of amides is 2. The molecule has 12 heteroatoms. The standard InChI is InChI=1S/C22H16ClF3N6O2/c1-13-28-19(32-9-8-27-12-32)11-20(29-13)34-16-5-2-14(3-6-16)30-21(33)31-15-4-7-18(23)17(10-15)22(24,25)26/h2-12H,1H3,(H2,30,31,33). The highest BCUT2D eigenvalue weighted by atomic mass is 35.5. The molecule has 0 aliphatic heterocycles. The molecule has 0 spiro atoms. The minimum atomic E-state index is -4.64. The molecule has 2 amide bonds. The summed E-state index contributed by atoms with van der Waals surface area (Å²) < 4.78 is 46.4. The number of alkyl halides is 3. The Morgan fingerprint density at radius 1 is 1.03 bits per heavy atom. The number of ether oxygens (including phenoxy) is 1. The SMILES string of the molecule is Cc1nc(Oc2ccc(NC(=O)Nc3ccc(Cl)c(C(F)(F)F)c3)cc2)cc(-n2ccnc2)n1. The minimum absolute atomic E-state index is 0.0537. The second-order valence-electron chi connectivity index (χ2n) is 6.98. The predicted octanol–water partition coefficient (Wildman–Crippen LogP) is 6.08. The van der Waals surface area contributed by atoms with Crippen LogP contribution in [0.2, 0.25) is 5.02 Å². The molecule has 34 heavy (non-hydrogen) atoms. The van der Waals surface area contributed by atoms with E-state index in [1.54, 1.807) is 60.5 Å². The maximum Gasteiger partial charge on any atom is 0.417 e. The Labute approximate surface area is 196 Å². The van der Waals surface area contributed by atoms with Crippen LogP contribution >= 0.6 is 11.6 Å². The van der Waals surface area contributed by atoms with E-state index in [0.29, 0.717) is 29.0 Å². The van der Waals surface area contributed by atoms with Crippen LogP contribution in [-0.4, -0.2) is 25.6 Å². The molecule has 0 saturated heterocycles. The Balaban J connectivity index is 1.40. The molecule has 0 fully saturated rings. The number of rotatable bonds is 5. The van der Waals surface area contributed by atoms with Crippen LogP contribution in [0.15, 0.2) is 67.3 Å². The molecule has 4 aromatic rings. The summed E-state index contributed by atoms with van der Waals surface area (Å²) in [5.74, 6) is 1.86. The van der Waals surface area contributed by atoms with Crippen molar-refractivity contribution >= 4 is 29.0 Å². The molecule has 0 unspecified atom stereocenters. The van der Waals surface area contributed by atoms with E-state index in [-0.39, 0.29) is 5.69 Å². The molecule has 0 aliphatic rings. The summed E-state index contributed by atoms with van der Waals surface area (Å²) in [5.41, 5.74) is -0.695. The fraction of sp³-hybridized carbons (Fsp3) is 0.0909. The number of aromatic nitrogens is 4. The fourth-order valence-corrected chi connectivity index (χ4v) is 3.17. The van der Waals surface area contributed by atoms with E-state index < -0.39 is 22.8 Å². The highest BCUT2D eigenvalue weighted by Crippen LogP contribution is 2.36. The Hall–Kier alpha value is -4.12. The van der Waals surface area contributed by atoms with Crippen molar-refractivity contribution in [3.05, 3.63) is 83.7 Å². The van der Waals surface area contributed by atoms with Crippen LogP contribution in [0.4, 0.5) is 29.3 Å². The Morgan fingerprint density at radius 3 is 2.41 bits per heavy atom. The summed E-state index contributed by atoms with van der Waals surface area (Å²) in [6.07, 6.45) is 0.334. The topological polar surface area (TPSA) is 94.0 Å². The van der Waals surface area contributed by atoms with Crippen LogP contribution in [0.25, 0.3) is 5.82 Å². The number of halogens is 4. The number of aryl methyl sites for hydroxylation is 1. The molecule has 8 nitrogen and oxygen atoms in total. The van der Waals surface area contributed by atoms with Crippen molar-refractivity contribution in [2.75, 3.05) is 10.6 Å². The first-order chi connectivity index (χ1) is 16.2. The number of nitrogens with one attached hydrogen (secondary N) is 2. The summed E-state index contributed by atoms with van der Waals surface area (Å²) in [7, 11) is 0. The molecule has 174 valence electrons. The number of hydrogen-bond acceptors (Lipinski definition) is 5. The summed E-state index contributed by atoms with van der Waals surface area (Å²) in [6.45, 7) is 1.73. The van der Waals surface area contributed by atoms with E-state index in [0.717, 1.165) is 12.1 Å². The summed E-state index contributed by atoms with van der Waals surface area (Å²) in [6, 6.07) is 10.4. The van der Waals surface area contributed by atoms with E-state index in [1.165, 1.54) is 6.07 Å². The summed E-state index contributed by atoms with van der Waals surface area (Å²) in [5, 5.41) is 4.43. The third kappa shape index (κ3) is 5.62. The first-order valence-electron chi connectivity index (χ1n) is 9.74. The summed E-state index contributed by atoms with van der Waals surface area (Å²) in [4.78, 5) is 24.8. The van der Waals surface area contributed by atoms with Gasteiger partial charge in [-0.3, -0.25) is 4.57 Å². The molecule has 2 aromatic carbocycles. The molecular formula is C22H16ClF3N6O2. The highest BCUT2D eigenvalue weighted by Gasteiger charge is 2.33. The zero-order valence-corrected chi connectivity index (χ0v) is 18.2. The van der Waals surface area contributed by atoms with Gasteiger partial charge in [-0.2, -0.15) is 18.2 Å². The average molecular weight is 489 g/mol. The lowest BCUT2D eigenvalue weighted by atomic mass is 10.2. The quantitative estimate of drug-likeness (QED) is 0.355. The second kappa shape index (κ2) is 9.40. The smallest absolute Gasteiger partial charge is 0.417 e. The number of urea groups is 1. The first-order valence-corrected chi connectivity index (χ1v) is 10.1. The lowest BCUT2D eigenvalue weighted by Crippen LogP contribution is -2.19. The van der Waals surface area contributed by atoms with Crippen LogP contribution in [0, 0.1) is 6.92 Å². The number of carbonyl (C=O) groups is 1. The lowest BCUT2D eigenvalue weighted by molar-refractivity contribution is -0.137. The molecule has 0 aliphatic carbocycles. The van der Waals surface area contributed by atoms with Crippen LogP contribution in [0.5, 0.6) is 11.6 Å². The molecule has 0 atom stereocenters. The van der Waals surface area contributed by atoms with E-state index in [9.17, 15) is 18.0 Å². The van der Waals surface area contributed by atoms with Gasteiger partial charge in [0, 0.05) is 29.8 Å². The van der Waals surface area contributed by atoms with Crippen LogP contribution in [0.3, 0.4) is 0 Å². The first kappa shape index (κ1) is 23.1. The van der Waals surface area contributed by atoms with E-state index >= 15 is 0 Å². The highest BCUT2D eigenvalue weighted by molar-refractivity contribution is 6.31. The maximum absolute atomic E-state index is 13.0. The molecule has 2 aromatic heterocycles. The third-order valence-electron chi connectivity index (χ3n) is 4.43. The van der Waals surface area contributed by atoms with Gasteiger partial charge in [-0.1, -0.05) is 11.6 Å². The van der Waals surface area contributed by atoms with E-state index in [4.69, 9.17) is 16.3 Å². The number of hydrogen-bond donors (Lipinski definition) is 2. The number of imidazole rings is 1. The molecule has 0 bridgehead atoms. The average Bonchev–Trinajstić information content (AvgIpc) is 3.30. The minimum Gasteiger partial charge on any atom is -0.439 e. The Morgan fingerprint density at radius 2 is 1.74 bits per heavy atom. The van der Waals surface area contributed by atoms with Crippen molar-refractivity contribution in [1.29, 1.82) is 0 Å². The van der Waals surface area contributed by atoms with Gasteiger partial charge in [0.2, 0.25) is 5.88 Å². The monoisotopic (exact) mass is 488 g/mol. The van der Waals surface area contributed by atoms with Gasteiger partial charge in [-0.25, -0.2) is 14.8 Å². The van der Waals surface area contributed by atoms with E-state index in [1.807, 2.05) is 0 Å². The number of nitrogens with zero attached hydrogens (tertiary/aromatic N) is 4. The van der Waals surface area contributed by atoms with Crippen molar-refractivity contribution in [3.8, 4) is 17.4 Å². The van der Waals surface area contributed by atoms with Gasteiger partial charge in [-0.05, 0) is 49.4 Å². The van der Waals surface area contributed by atoms with Gasteiger partial charge in [0.05, 0.1) is 10.6 Å². The van der Waals surface area contributed by atoms with Crippen molar-refractivity contribution in [3.63, 3.8) is 0 Å². The van der Waals surface area contributed by atoms with E-state index in [2.05, 4.69) is 25.6 Å². The van der Waals surface area contributed by atoms with Gasteiger partial charge in [0.25, 0.3) is 0 Å². The normalized spacial score (nSPS) is 11.2. The van der Waals surface area contributed by atoms with Crippen molar-refractivity contribution in [2.24, 2.45) is 0 Å². The predicted molar refractivity (Wildman–Crippen MR) is 120 cm³/mol. The Bertz CT molecular complexity index is 1310. The number of carbonyl (C=O) groups excluding carboxylic acids is 1. The number of anilines is 2. The second-order valence-corrected chi connectivity index (χ2v) is 7.39. The van der Waals surface area contributed by atoms with Crippen LogP contribution < -0.4 is 15.4 Å². The zero-order valence-electron chi connectivity index (χ0n) is 17.5. The van der Waals surface area contributed by atoms with Crippen molar-refractivity contribution in [2.45, 2.75) is 13.1 Å². The molecule has 2 heterocycles. The zero-order chi connectivity index (χ0) is 24.3. The lowest BCUT2D eigenvalue weighted by Gasteiger charge is -2.12. The summed E-state index contributed by atoms with van der Waals surface area (Å²) >= 11 is 5.59. The largest absolute Gasteiger partial charge is 0.439 e. The van der Waals surface area contributed by atoms with Crippen LogP contribution in [0.1, 0.15) is 11.4 Å². The molecule has 4 rings (SSSR count). The van der Waals surface area contributed by atoms with Gasteiger partial charge in [0.15, 0.2) is 0 Å². The van der Waals surface area contributed by atoms with Gasteiger partial charge < -0.3 is 15.4 Å². The maximum atomic E-state index is 13.0. The van der Waals surface area contributed by atoms with Crippen LogP contribution in [-0.2, 0) is 6.18 Å². The van der Waals surface area contributed by atoms with Crippen molar-refractivity contribution in [1.82, 2.24) is 19.5 Å². The fourth-order valence-electron chi connectivity index (χ4n) is 2.95. The molecular weight excluding hydrogens is 473 g/mol. The molecule has 2 N–H and O–H groups in total. The van der Waals surface area contributed by atoms with Gasteiger partial charge >= 0.3 is 12.2 Å². The van der Waals surface area contributed by atoms with Gasteiger partial charge in [-0.15, -0.1) is 0 Å². The van der Waals surface area contributed by atoms with Gasteiger partial charge in [0.1, 0.15) is 23.7 Å². The molecule has 0 radical (unpaired) electrons. The third-order valence-corrected chi connectivity index (χ3v) is 4.76. The van der Waals surface area contributed by atoms with Crippen molar-refractivity contribution < 1.29 is 22.7 Å².